The maximum Gasteiger partial charge on any atom is 0.234 e. The molecule has 1 amide bonds. The molecule has 0 spiro atoms. The fraction of sp³-hybridized carbons (Fsp3) is 0.318. The number of nitrogens with zero attached hydrogens (tertiary/aromatic N) is 3. The van der Waals surface area contributed by atoms with Crippen LogP contribution in [0.1, 0.15) is 20.3 Å². The number of aromatic nitrogens is 2. The average Bonchev–Trinajstić information content (AvgIpc) is 3.07. The van der Waals surface area contributed by atoms with Crippen molar-refractivity contribution in [2.75, 3.05) is 16.8 Å². The maximum absolute atomic E-state index is 12.6. The zero-order chi connectivity index (χ0) is 20.6. The van der Waals surface area contributed by atoms with Gasteiger partial charge >= 0.3 is 0 Å². The first kappa shape index (κ1) is 21.3. The SMILES string of the molecule is CC(C)CCn1c(SCC(=O)Nc2ccccc2SCC#N)nc2ccccc21. The molecule has 0 fully saturated rings. The molecule has 1 heterocycles. The highest BCUT2D eigenvalue weighted by Gasteiger charge is 2.14. The van der Waals surface area contributed by atoms with Crippen molar-refractivity contribution < 1.29 is 4.79 Å². The molecule has 0 saturated carbocycles. The summed E-state index contributed by atoms with van der Waals surface area (Å²) in [5.74, 6) is 1.14. The third kappa shape index (κ3) is 5.78. The first-order chi connectivity index (χ1) is 14.1. The van der Waals surface area contributed by atoms with Gasteiger partial charge in [0.1, 0.15) is 0 Å². The van der Waals surface area contributed by atoms with E-state index in [0.717, 1.165) is 39.7 Å². The molecule has 0 radical (unpaired) electrons. The molecule has 0 aliphatic carbocycles. The van der Waals surface area contributed by atoms with Gasteiger partial charge in [-0.3, -0.25) is 4.79 Å². The topological polar surface area (TPSA) is 70.7 Å². The van der Waals surface area contributed by atoms with Crippen molar-refractivity contribution in [1.29, 1.82) is 5.26 Å². The lowest BCUT2D eigenvalue weighted by molar-refractivity contribution is -0.113. The zero-order valence-corrected chi connectivity index (χ0v) is 18.2. The van der Waals surface area contributed by atoms with E-state index in [1.807, 2.05) is 42.5 Å². The molecule has 150 valence electrons. The summed E-state index contributed by atoms with van der Waals surface area (Å²) < 4.78 is 2.21. The third-order valence-corrected chi connectivity index (χ3v) is 6.25. The van der Waals surface area contributed by atoms with Gasteiger partial charge < -0.3 is 9.88 Å². The van der Waals surface area contributed by atoms with Gasteiger partial charge in [-0.15, -0.1) is 11.8 Å². The molecule has 0 bridgehead atoms. The van der Waals surface area contributed by atoms with Crippen LogP contribution in [0.4, 0.5) is 5.69 Å². The molecule has 0 aliphatic rings. The Morgan fingerprint density at radius 1 is 1.17 bits per heavy atom. The number of aryl methyl sites for hydroxylation is 1. The summed E-state index contributed by atoms with van der Waals surface area (Å²) in [6, 6.07) is 17.8. The van der Waals surface area contributed by atoms with Crippen LogP contribution in [-0.2, 0) is 11.3 Å². The highest BCUT2D eigenvalue weighted by atomic mass is 32.2. The van der Waals surface area contributed by atoms with Gasteiger partial charge in [-0.1, -0.05) is 49.9 Å². The van der Waals surface area contributed by atoms with Crippen molar-refractivity contribution in [2.24, 2.45) is 5.92 Å². The summed E-state index contributed by atoms with van der Waals surface area (Å²) in [5.41, 5.74) is 2.80. The fourth-order valence-corrected chi connectivity index (χ4v) is 4.40. The van der Waals surface area contributed by atoms with E-state index in [9.17, 15) is 4.79 Å². The normalized spacial score (nSPS) is 11.0. The summed E-state index contributed by atoms with van der Waals surface area (Å²) in [7, 11) is 0. The van der Waals surface area contributed by atoms with Crippen LogP contribution < -0.4 is 5.32 Å². The first-order valence-corrected chi connectivity index (χ1v) is 11.5. The van der Waals surface area contributed by atoms with Gasteiger partial charge in [0.2, 0.25) is 5.91 Å². The van der Waals surface area contributed by atoms with Gasteiger partial charge in [0.05, 0.1) is 34.3 Å². The second-order valence-electron chi connectivity index (χ2n) is 7.00. The maximum atomic E-state index is 12.6. The van der Waals surface area contributed by atoms with Crippen molar-refractivity contribution in [3.8, 4) is 6.07 Å². The first-order valence-electron chi connectivity index (χ1n) is 9.55. The van der Waals surface area contributed by atoms with Gasteiger partial charge in [0.25, 0.3) is 0 Å². The predicted octanol–water partition coefficient (Wildman–Crippen LogP) is 5.43. The molecule has 0 saturated heterocycles. The van der Waals surface area contributed by atoms with Gasteiger partial charge in [0, 0.05) is 11.4 Å². The quantitative estimate of drug-likeness (QED) is 0.464. The summed E-state index contributed by atoms with van der Waals surface area (Å²) in [6.07, 6.45) is 1.06. The number of rotatable bonds is 9. The Labute approximate surface area is 179 Å². The van der Waals surface area contributed by atoms with Gasteiger partial charge in [-0.05, 0) is 36.6 Å². The molecule has 2 aromatic carbocycles. The van der Waals surface area contributed by atoms with E-state index in [-0.39, 0.29) is 11.7 Å². The molecule has 0 aliphatic heterocycles. The number of hydrogen-bond donors (Lipinski definition) is 1. The molecule has 1 aromatic heterocycles. The smallest absolute Gasteiger partial charge is 0.234 e. The number of thioether (sulfide) groups is 2. The van der Waals surface area contributed by atoms with Gasteiger partial charge in [-0.25, -0.2) is 4.98 Å². The monoisotopic (exact) mass is 424 g/mol. The van der Waals surface area contributed by atoms with Crippen LogP contribution in [0.15, 0.2) is 58.6 Å². The standard InChI is InChI=1S/C22H24N4OS2/c1-16(2)11-13-26-19-9-5-3-7-17(19)25-22(26)29-15-21(27)24-18-8-4-6-10-20(18)28-14-12-23/h3-10,16H,11,13-15H2,1-2H3,(H,24,27). The van der Waals surface area contributed by atoms with Crippen LogP contribution in [0.5, 0.6) is 0 Å². The number of nitrogens with one attached hydrogen (secondary N) is 1. The highest BCUT2D eigenvalue weighted by Crippen LogP contribution is 2.28. The van der Waals surface area contributed by atoms with Crippen molar-refractivity contribution in [2.45, 2.75) is 36.9 Å². The number of anilines is 1. The number of benzene rings is 2. The van der Waals surface area contributed by atoms with Gasteiger partial charge in [0.15, 0.2) is 5.16 Å². The van der Waals surface area contributed by atoms with Gasteiger partial charge in [-0.2, -0.15) is 5.26 Å². The number of hydrogen-bond acceptors (Lipinski definition) is 5. The fourth-order valence-electron chi connectivity index (χ4n) is 2.89. The Hall–Kier alpha value is -2.43. The molecule has 0 unspecified atom stereocenters. The summed E-state index contributed by atoms with van der Waals surface area (Å²) in [4.78, 5) is 18.2. The number of carbonyl (C=O) groups is 1. The number of fused-ring (bicyclic) bond motifs is 1. The molecule has 1 N–H and O–H groups in total. The Morgan fingerprint density at radius 2 is 1.93 bits per heavy atom. The molecular formula is C22H24N4OS2. The molecule has 3 rings (SSSR count). The van der Waals surface area contributed by atoms with Crippen molar-refractivity contribution in [1.82, 2.24) is 9.55 Å². The van der Waals surface area contributed by atoms with Crippen molar-refractivity contribution in [3.63, 3.8) is 0 Å². The molecule has 3 aromatic rings. The zero-order valence-electron chi connectivity index (χ0n) is 16.6. The lowest BCUT2D eigenvalue weighted by atomic mass is 10.1. The van der Waals surface area contributed by atoms with Crippen LogP contribution in [0.3, 0.4) is 0 Å². The number of para-hydroxylation sites is 3. The molecular weight excluding hydrogens is 400 g/mol. The average molecular weight is 425 g/mol. The largest absolute Gasteiger partial charge is 0.324 e. The van der Waals surface area contributed by atoms with E-state index in [2.05, 4.69) is 35.9 Å². The summed E-state index contributed by atoms with van der Waals surface area (Å²) in [5, 5.41) is 12.6. The van der Waals surface area contributed by atoms with Crippen LogP contribution in [0.2, 0.25) is 0 Å². The summed E-state index contributed by atoms with van der Waals surface area (Å²) >= 11 is 2.88. The Bertz CT molecular complexity index is 1020. The van der Waals surface area contributed by atoms with E-state index >= 15 is 0 Å². The van der Waals surface area contributed by atoms with E-state index in [1.165, 1.54) is 23.5 Å². The predicted molar refractivity (Wildman–Crippen MR) is 121 cm³/mol. The molecule has 7 heteroatoms. The minimum absolute atomic E-state index is 0.0810. The van der Waals surface area contributed by atoms with E-state index in [1.54, 1.807) is 0 Å². The van der Waals surface area contributed by atoms with Crippen LogP contribution in [0.25, 0.3) is 11.0 Å². The number of nitriles is 1. The van der Waals surface area contributed by atoms with E-state index < -0.39 is 0 Å². The lowest BCUT2D eigenvalue weighted by Gasteiger charge is -2.11. The molecule has 5 nitrogen and oxygen atoms in total. The Morgan fingerprint density at radius 3 is 2.72 bits per heavy atom. The second kappa shape index (κ2) is 10.4. The van der Waals surface area contributed by atoms with Crippen molar-refractivity contribution >= 4 is 46.2 Å². The Balaban J connectivity index is 1.70. The molecule has 0 atom stereocenters. The van der Waals surface area contributed by atoms with Crippen LogP contribution in [-0.4, -0.2) is 27.0 Å². The Kier molecular flexibility index (Phi) is 7.62. The van der Waals surface area contributed by atoms with Crippen LogP contribution in [0, 0.1) is 17.2 Å². The molecule has 29 heavy (non-hydrogen) atoms. The van der Waals surface area contributed by atoms with E-state index in [4.69, 9.17) is 10.2 Å². The number of amides is 1. The van der Waals surface area contributed by atoms with Crippen molar-refractivity contribution in [3.05, 3.63) is 48.5 Å². The number of imidazole rings is 1. The minimum atomic E-state index is -0.0810. The highest BCUT2D eigenvalue weighted by molar-refractivity contribution is 8.00. The van der Waals surface area contributed by atoms with Crippen LogP contribution >= 0.6 is 23.5 Å². The number of carbonyl (C=O) groups excluding carboxylic acids is 1. The second-order valence-corrected chi connectivity index (χ2v) is 8.96. The summed E-state index contributed by atoms with van der Waals surface area (Å²) in [6.45, 7) is 5.30. The van der Waals surface area contributed by atoms with E-state index in [0.29, 0.717) is 11.7 Å². The third-order valence-electron chi connectivity index (χ3n) is 4.34. The minimum Gasteiger partial charge on any atom is -0.324 e. The lowest BCUT2D eigenvalue weighted by Crippen LogP contribution is -2.15.